The SMILES string of the molecule is CC1OC1N.Cl. The van der Waals surface area contributed by atoms with Crippen molar-refractivity contribution in [3.8, 4) is 0 Å². The van der Waals surface area contributed by atoms with E-state index in [0.717, 1.165) is 0 Å². The van der Waals surface area contributed by atoms with Crippen molar-refractivity contribution >= 4 is 12.4 Å². The molecule has 1 saturated heterocycles. The summed E-state index contributed by atoms with van der Waals surface area (Å²) < 4.78 is 4.69. The lowest BCUT2D eigenvalue weighted by atomic mass is 10.5. The van der Waals surface area contributed by atoms with Gasteiger partial charge in [-0.05, 0) is 6.92 Å². The Morgan fingerprint density at radius 3 is 1.83 bits per heavy atom. The molecule has 0 aromatic rings. The third kappa shape index (κ3) is 1.12. The first-order valence-electron chi connectivity index (χ1n) is 1.72. The molecule has 2 unspecified atom stereocenters. The highest BCUT2D eigenvalue weighted by atomic mass is 35.5. The summed E-state index contributed by atoms with van der Waals surface area (Å²) in [4.78, 5) is 0. The first-order chi connectivity index (χ1) is 2.30. The number of hydrogen-bond acceptors (Lipinski definition) is 2. The summed E-state index contributed by atoms with van der Waals surface area (Å²) in [6.45, 7) is 1.95. The number of ether oxygens (including phenoxy) is 1. The van der Waals surface area contributed by atoms with Crippen molar-refractivity contribution in [3.05, 3.63) is 0 Å². The zero-order valence-electron chi connectivity index (χ0n) is 3.55. The van der Waals surface area contributed by atoms with Crippen LogP contribution in [0.15, 0.2) is 0 Å². The Labute approximate surface area is 43.1 Å². The molecule has 0 aromatic carbocycles. The Balaban J connectivity index is 0.000000250. The van der Waals surface area contributed by atoms with Crippen molar-refractivity contribution < 1.29 is 4.74 Å². The summed E-state index contributed by atoms with van der Waals surface area (Å²) >= 11 is 0. The zero-order chi connectivity index (χ0) is 3.86. The molecule has 1 heterocycles. The van der Waals surface area contributed by atoms with E-state index in [9.17, 15) is 0 Å². The first kappa shape index (κ1) is 6.21. The van der Waals surface area contributed by atoms with Crippen LogP contribution in [0.3, 0.4) is 0 Å². The van der Waals surface area contributed by atoms with Crippen molar-refractivity contribution in [1.29, 1.82) is 0 Å². The highest BCUT2D eigenvalue weighted by Gasteiger charge is 2.28. The third-order valence-corrected chi connectivity index (χ3v) is 0.758. The maximum Gasteiger partial charge on any atom is 0.132 e. The van der Waals surface area contributed by atoms with E-state index in [-0.39, 0.29) is 18.6 Å². The van der Waals surface area contributed by atoms with E-state index in [0.29, 0.717) is 6.10 Å². The minimum Gasteiger partial charge on any atom is -0.354 e. The molecule has 0 amide bonds. The molecular weight excluding hydrogens is 101 g/mol. The lowest BCUT2D eigenvalue weighted by Gasteiger charge is -1.60. The molecule has 1 fully saturated rings. The molecule has 3 heteroatoms. The van der Waals surface area contributed by atoms with Crippen LogP contribution in [-0.2, 0) is 4.74 Å². The summed E-state index contributed by atoms with van der Waals surface area (Å²) in [6, 6.07) is 0. The van der Waals surface area contributed by atoms with Gasteiger partial charge >= 0.3 is 0 Å². The van der Waals surface area contributed by atoms with Gasteiger partial charge in [-0.1, -0.05) is 0 Å². The van der Waals surface area contributed by atoms with Crippen LogP contribution >= 0.6 is 12.4 Å². The summed E-state index contributed by atoms with van der Waals surface area (Å²) in [5.74, 6) is 0. The van der Waals surface area contributed by atoms with E-state index in [4.69, 9.17) is 10.5 Å². The van der Waals surface area contributed by atoms with Crippen LogP contribution in [0.5, 0.6) is 0 Å². The van der Waals surface area contributed by atoms with Crippen molar-refractivity contribution in [3.63, 3.8) is 0 Å². The summed E-state index contributed by atoms with van der Waals surface area (Å²) in [7, 11) is 0. The van der Waals surface area contributed by atoms with E-state index in [1.165, 1.54) is 0 Å². The molecule has 1 aliphatic heterocycles. The van der Waals surface area contributed by atoms with Gasteiger partial charge in [0, 0.05) is 0 Å². The Hall–Kier alpha value is 0.210. The van der Waals surface area contributed by atoms with Gasteiger partial charge in [-0.15, -0.1) is 12.4 Å². The van der Waals surface area contributed by atoms with E-state index in [1.54, 1.807) is 0 Å². The van der Waals surface area contributed by atoms with Crippen LogP contribution in [0.25, 0.3) is 0 Å². The molecule has 0 bridgehead atoms. The van der Waals surface area contributed by atoms with Gasteiger partial charge in [0.15, 0.2) is 0 Å². The van der Waals surface area contributed by atoms with Gasteiger partial charge in [-0.3, -0.25) is 0 Å². The van der Waals surface area contributed by atoms with E-state index in [1.807, 2.05) is 6.92 Å². The minimum atomic E-state index is 0. The first-order valence-corrected chi connectivity index (χ1v) is 1.72. The molecule has 38 valence electrons. The Kier molecular flexibility index (Phi) is 1.84. The van der Waals surface area contributed by atoms with Gasteiger partial charge in [-0.2, -0.15) is 0 Å². The Bertz CT molecular complexity index is 44.1. The highest BCUT2D eigenvalue weighted by molar-refractivity contribution is 5.85. The lowest BCUT2D eigenvalue weighted by molar-refractivity contribution is 0.383. The summed E-state index contributed by atoms with van der Waals surface area (Å²) in [5.41, 5.74) is 5.14. The van der Waals surface area contributed by atoms with Crippen molar-refractivity contribution in [2.45, 2.75) is 19.3 Å². The van der Waals surface area contributed by atoms with E-state index < -0.39 is 0 Å². The summed E-state index contributed by atoms with van der Waals surface area (Å²) in [5, 5.41) is 0. The van der Waals surface area contributed by atoms with Gasteiger partial charge in [0.1, 0.15) is 6.23 Å². The van der Waals surface area contributed by atoms with Crippen molar-refractivity contribution in [1.82, 2.24) is 0 Å². The van der Waals surface area contributed by atoms with Gasteiger partial charge in [0.05, 0.1) is 6.10 Å². The lowest BCUT2D eigenvalue weighted by Crippen LogP contribution is -2.01. The minimum absolute atomic E-state index is 0. The quantitative estimate of drug-likeness (QED) is 0.449. The Morgan fingerprint density at radius 1 is 1.67 bits per heavy atom. The third-order valence-electron chi connectivity index (χ3n) is 0.758. The second kappa shape index (κ2) is 1.78. The van der Waals surface area contributed by atoms with Crippen LogP contribution < -0.4 is 5.73 Å². The molecule has 2 nitrogen and oxygen atoms in total. The average molecular weight is 110 g/mol. The number of nitrogens with two attached hydrogens (primary N) is 1. The largest absolute Gasteiger partial charge is 0.354 e. The van der Waals surface area contributed by atoms with Crippen LogP contribution in [0.4, 0.5) is 0 Å². The average Bonchev–Trinajstić information content (AvgIpc) is 1.79. The molecule has 0 saturated carbocycles. The monoisotopic (exact) mass is 109 g/mol. The van der Waals surface area contributed by atoms with Gasteiger partial charge in [0.25, 0.3) is 0 Å². The normalized spacial score (nSPS) is 41.0. The van der Waals surface area contributed by atoms with Crippen LogP contribution in [0.2, 0.25) is 0 Å². The van der Waals surface area contributed by atoms with E-state index in [2.05, 4.69) is 0 Å². The molecular formula is C3H8ClNO. The van der Waals surface area contributed by atoms with Crippen molar-refractivity contribution in [2.24, 2.45) is 5.73 Å². The van der Waals surface area contributed by atoms with Gasteiger partial charge in [-0.25, -0.2) is 0 Å². The standard InChI is InChI=1S/C3H7NO.ClH/c1-2-3(4)5-2;/h2-3H,4H2,1H3;1H. The predicted octanol–water partition coefficient (Wildman–Crippen LogP) is 0.112. The number of epoxide rings is 1. The van der Waals surface area contributed by atoms with Crippen LogP contribution in [0, 0.1) is 0 Å². The zero-order valence-corrected chi connectivity index (χ0v) is 4.37. The van der Waals surface area contributed by atoms with E-state index >= 15 is 0 Å². The molecule has 0 aliphatic carbocycles. The highest BCUT2D eigenvalue weighted by Crippen LogP contribution is 2.12. The molecule has 6 heavy (non-hydrogen) atoms. The van der Waals surface area contributed by atoms with Crippen molar-refractivity contribution in [2.75, 3.05) is 0 Å². The fourth-order valence-corrected chi connectivity index (χ4v) is 0.202. The van der Waals surface area contributed by atoms with Gasteiger partial charge in [0.2, 0.25) is 0 Å². The van der Waals surface area contributed by atoms with Gasteiger partial charge < -0.3 is 10.5 Å². The second-order valence-electron chi connectivity index (χ2n) is 1.31. The number of hydrogen-bond donors (Lipinski definition) is 1. The smallest absolute Gasteiger partial charge is 0.132 e. The fraction of sp³-hybridized carbons (Fsp3) is 1.00. The van der Waals surface area contributed by atoms with Crippen LogP contribution in [-0.4, -0.2) is 12.3 Å². The molecule has 1 aliphatic rings. The fourth-order valence-electron chi connectivity index (χ4n) is 0.202. The molecule has 2 atom stereocenters. The van der Waals surface area contributed by atoms with Crippen LogP contribution in [0.1, 0.15) is 6.92 Å². The molecule has 2 N–H and O–H groups in total. The second-order valence-corrected chi connectivity index (χ2v) is 1.31. The molecule has 0 spiro atoms. The maximum absolute atomic E-state index is 5.14. The molecule has 0 aromatic heterocycles. The topological polar surface area (TPSA) is 38.5 Å². The predicted molar refractivity (Wildman–Crippen MR) is 25.8 cm³/mol. The molecule has 0 radical (unpaired) electrons. The summed E-state index contributed by atoms with van der Waals surface area (Å²) in [6.07, 6.45) is 0.380. The number of halogens is 1. The molecule has 1 rings (SSSR count). The number of rotatable bonds is 0. The Morgan fingerprint density at radius 2 is 1.83 bits per heavy atom. The maximum atomic E-state index is 5.14.